The third-order valence-electron chi connectivity index (χ3n) is 4.90. The molecule has 5 aromatic rings. The van der Waals surface area contributed by atoms with E-state index in [9.17, 15) is 4.79 Å². The molecule has 3 aromatic heterocycles. The summed E-state index contributed by atoms with van der Waals surface area (Å²) in [5.41, 5.74) is 5.34. The summed E-state index contributed by atoms with van der Waals surface area (Å²) >= 11 is 1.71. The Balaban J connectivity index is 1.55. The Bertz CT molecular complexity index is 1320. The van der Waals surface area contributed by atoms with E-state index in [2.05, 4.69) is 52.0 Å². The van der Waals surface area contributed by atoms with Crippen LogP contribution >= 0.6 is 11.3 Å². The maximum absolute atomic E-state index is 12.5. The number of nitrogens with zero attached hydrogens (tertiary/aromatic N) is 2. The molecule has 0 aliphatic rings. The van der Waals surface area contributed by atoms with Gasteiger partial charge < -0.3 is 4.57 Å². The molecule has 5 heteroatoms. The zero-order valence-electron chi connectivity index (χ0n) is 15.0. The van der Waals surface area contributed by atoms with Crippen molar-refractivity contribution < 1.29 is 0 Å². The molecule has 0 aliphatic carbocycles. The van der Waals surface area contributed by atoms with Crippen LogP contribution in [-0.4, -0.2) is 14.8 Å². The number of rotatable bonds is 4. The molecular weight excluding hydrogens is 366 g/mol. The number of aromatic amines is 1. The van der Waals surface area contributed by atoms with Gasteiger partial charge in [-0.15, -0.1) is 11.3 Å². The Hall–Kier alpha value is -3.44. The minimum Gasteiger partial charge on any atom is -0.310 e. The van der Waals surface area contributed by atoms with Crippen LogP contribution in [0.3, 0.4) is 0 Å². The summed E-state index contributed by atoms with van der Waals surface area (Å²) in [7, 11) is 0. The predicted octanol–water partition coefficient (Wildman–Crippen LogP) is 5.17. The second-order valence-corrected chi connectivity index (χ2v) is 7.64. The summed E-state index contributed by atoms with van der Waals surface area (Å²) in [6.07, 6.45) is 3.74. The van der Waals surface area contributed by atoms with E-state index < -0.39 is 0 Å². The standard InChI is InChI=1S/C23H17N3OS/c27-23-10-9-18(16-7-8-17-13-24-25-21(17)12-16)14-26(23)15-19-4-1-2-5-20(19)22-6-3-11-28-22/h1-14H,15H2,(H,24,25). The third kappa shape index (κ3) is 3.06. The van der Waals surface area contributed by atoms with Gasteiger partial charge in [-0.2, -0.15) is 5.10 Å². The molecular formula is C23H17N3OS. The number of H-pyrrole nitrogens is 1. The summed E-state index contributed by atoms with van der Waals surface area (Å²) in [6, 6.07) is 22.1. The Morgan fingerprint density at radius 2 is 1.86 bits per heavy atom. The first-order valence-electron chi connectivity index (χ1n) is 9.04. The lowest BCUT2D eigenvalue weighted by atomic mass is 10.0. The van der Waals surface area contributed by atoms with Gasteiger partial charge in [-0.25, -0.2) is 0 Å². The highest BCUT2D eigenvalue weighted by atomic mass is 32.1. The van der Waals surface area contributed by atoms with Gasteiger partial charge in [-0.3, -0.25) is 9.89 Å². The van der Waals surface area contributed by atoms with Crippen molar-refractivity contribution in [2.24, 2.45) is 0 Å². The van der Waals surface area contributed by atoms with E-state index in [-0.39, 0.29) is 5.56 Å². The van der Waals surface area contributed by atoms with Gasteiger partial charge in [-0.1, -0.05) is 42.5 Å². The van der Waals surface area contributed by atoms with Crippen molar-refractivity contribution in [1.29, 1.82) is 0 Å². The molecule has 5 rings (SSSR count). The molecule has 0 amide bonds. The molecule has 0 aliphatic heterocycles. The lowest BCUT2D eigenvalue weighted by Crippen LogP contribution is -2.19. The highest BCUT2D eigenvalue weighted by molar-refractivity contribution is 7.13. The van der Waals surface area contributed by atoms with Crippen molar-refractivity contribution in [2.45, 2.75) is 6.54 Å². The van der Waals surface area contributed by atoms with Gasteiger partial charge in [-0.05, 0) is 45.8 Å². The van der Waals surface area contributed by atoms with Crippen LogP contribution in [0.5, 0.6) is 0 Å². The number of hydrogen-bond donors (Lipinski definition) is 1. The molecule has 2 aromatic carbocycles. The first-order chi connectivity index (χ1) is 13.8. The summed E-state index contributed by atoms with van der Waals surface area (Å²) in [6.45, 7) is 0.535. The number of hydrogen-bond acceptors (Lipinski definition) is 3. The van der Waals surface area contributed by atoms with E-state index in [0.717, 1.165) is 27.6 Å². The van der Waals surface area contributed by atoms with E-state index in [4.69, 9.17) is 0 Å². The van der Waals surface area contributed by atoms with Gasteiger partial charge in [0.15, 0.2) is 0 Å². The first-order valence-corrected chi connectivity index (χ1v) is 9.92. The van der Waals surface area contributed by atoms with E-state index in [1.807, 2.05) is 36.7 Å². The molecule has 0 fully saturated rings. The first kappa shape index (κ1) is 16.7. The average Bonchev–Trinajstić information content (AvgIpc) is 3.41. The fraction of sp³-hybridized carbons (Fsp3) is 0.0435. The molecule has 4 nitrogen and oxygen atoms in total. The van der Waals surface area contributed by atoms with E-state index >= 15 is 0 Å². The van der Waals surface area contributed by atoms with Crippen molar-refractivity contribution >= 4 is 22.2 Å². The fourth-order valence-corrected chi connectivity index (χ4v) is 4.24. The van der Waals surface area contributed by atoms with Gasteiger partial charge in [0.25, 0.3) is 5.56 Å². The highest BCUT2D eigenvalue weighted by Crippen LogP contribution is 2.29. The average molecular weight is 383 g/mol. The van der Waals surface area contributed by atoms with Crippen molar-refractivity contribution in [1.82, 2.24) is 14.8 Å². The molecule has 3 heterocycles. The fourth-order valence-electron chi connectivity index (χ4n) is 3.46. The zero-order chi connectivity index (χ0) is 18.9. The number of aromatic nitrogens is 3. The Labute approximate surface area is 165 Å². The number of fused-ring (bicyclic) bond motifs is 1. The lowest BCUT2D eigenvalue weighted by molar-refractivity contribution is 0.762. The van der Waals surface area contributed by atoms with Crippen LogP contribution in [0.15, 0.2) is 89.3 Å². The number of thiophene rings is 1. The molecule has 136 valence electrons. The summed E-state index contributed by atoms with van der Waals surface area (Å²) in [5, 5.41) is 10.2. The van der Waals surface area contributed by atoms with Gasteiger partial charge in [0, 0.05) is 22.5 Å². The summed E-state index contributed by atoms with van der Waals surface area (Å²) in [5.74, 6) is 0. The van der Waals surface area contributed by atoms with Gasteiger partial charge in [0.05, 0.1) is 18.3 Å². The smallest absolute Gasteiger partial charge is 0.250 e. The lowest BCUT2D eigenvalue weighted by Gasteiger charge is -2.12. The van der Waals surface area contributed by atoms with Crippen molar-refractivity contribution in [3.63, 3.8) is 0 Å². The number of benzene rings is 2. The van der Waals surface area contributed by atoms with Gasteiger partial charge in [0.1, 0.15) is 0 Å². The van der Waals surface area contributed by atoms with Crippen LogP contribution in [0.1, 0.15) is 5.56 Å². The molecule has 0 saturated carbocycles. The molecule has 0 bridgehead atoms. The predicted molar refractivity (Wildman–Crippen MR) is 115 cm³/mol. The molecule has 1 N–H and O–H groups in total. The van der Waals surface area contributed by atoms with Gasteiger partial charge in [0.2, 0.25) is 0 Å². The Morgan fingerprint density at radius 3 is 2.75 bits per heavy atom. The summed E-state index contributed by atoms with van der Waals surface area (Å²) in [4.78, 5) is 13.7. The topological polar surface area (TPSA) is 50.7 Å². The van der Waals surface area contributed by atoms with E-state index in [1.165, 1.54) is 10.4 Å². The highest BCUT2D eigenvalue weighted by Gasteiger charge is 2.09. The SMILES string of the molecule is O=c1ccc(-c2ccc3cn[nH]c3c2)cn1Cc1ccccc1-c1cccs1. The van der Waals surface area contributed by atoms with Crippen LogP contribution < -0.4 is 5.56 Å². The largest absolute Gasteiger partial charge is 0.310 e. The summed E-state index contributed by atoms with van der Waals surface area (Å²) < 4.78 is 1.78. The monoisotopic (exact) mass is 383 g/mol. The molecule has 0 atom stereocenters. The minimum atomic E-state index is -0.00708. The molecule has 0 unspecified atom stereocenters. The van der Waals surface area contributed by atoms with Crippen LogP contribution in [0.25, 0.3) is 32.5 Å². The molecule has 28 heavy (non-hydrogen) atoms. The van der Waals surface area contributed by atoms with Crippen LogP contribution in [0.4, 0.5) is 0 Å². The number of pyridine rings is 1. The van der Waals surface area contributed by atoms with Crippen LogP contribution in [0, 0.1) is 0 Å². The normalized spacial score (nSPS) is 11.1. The van der Waals surface area contributed by atoms with E-state index in [1.54, 1.807) is 22.0 Å². The zero-order valence-corrected chi connectivity index (χ0v) is 15.8. The van der Waals surface area contributed by atoms with Crippen LogP contribution in [0.2, 0.25) is 0 Å². The van der Waals surface area contributed by atoms with E-state index in [0.29, 0.717) is 6.54 Å². The molecule has 0 radical (unpaired) electrons. The maximum Gasteiger partial charge on any atom is 0.250 e. The maximum atomic E-state index is 12.5. The minimum absolute atomic E-state index is 0.00708. The van der Waals surface area contributed by atoms with Gasteiger partial charge >= 0.3 is 0 Å². The second-order valence-electron chi connectivity index (χ2n) is 6.69. The van der Waals surface area contributed by atoms with Crippen molar-refractivity contribution in [3.8, 4) is 21.6 Å². The quantitative estimate of drug-likeness (QED) is 0.465. The van der Waals surface area contributed by atoms with Crippen LogP contribution in [-0.2, 0) is 6.54 Å². The Morgan fingerprint density at radius 1 is 0.964 bits per heavy atom. The Kier molecular flexibility index (Phi) is 4.14. The molecule has 0 saturated heterocycles. The number of nitrogens with one attached hydrogen (secondary N) is 1. The third-order valence-corrected chi connectivity index (χ3v) is 5.81. The van der Waals surface area contributed by atoms with Crippen molar-refractivity contribution in [2.75, 3.05) is 0 Å². The molecule has 0 spiro atoms. The second kappa shape index (κ2) is 6.94. The van der Waals surface area contributed by atoms with Crippen molar-refractivity contribution in [3.05, 3.63) is 100 Å².